The maximum atomic E-state index is 12.5. The fraction of sp³-hybridized carbons (Fsp3) is 0.571. The number of thiophene rings is 1. The SMILES string of the molecule is C=CCCCN(C)S(=O)(=O)c1ccsc1CNC1CC1. The molecule has 0 aliphatic heterocycles. The lowest BCUT2D eigenvalue weighted by Crippen LogP contribution is -2.29. The van der Waals surface area contributed by atoms with Gasteiger partial charge in [0.05, 0.1) is 4.90 Å². The van der Waals surface area contributed by atoms with Crippen LogP contribution in [0.3, 0.4) is 0 Å². The molecule has 0 radical (unpaired) electrons. The molecule has 1 saturated carbocycles. The molecule has 1 N–H and O–H groups in total. The summed E-state index contributed by atoms with van der Waals surface area (Å²) >= 11 is 1.51. The van der Waals surface area contributed by atoms with Crippen LogP contribution in [0.25, 0.3) is 0 Å². The summed E-state index contributed by atoms with van der Waals surface area (Å²) in [5.41, 5.74) is 0. The number of nitrogens with zero attached hydrogens (tertiary/aromatic N) is 1. The molecule has 0 atom stereocenters. The van der Waals surface area contributed by atoms with Crippen molar-refractivity contribution in [1.29, 1.82) is 0 Å². The highest BCUT2D eigenvalue weighted by Crippen LogP contribution is 2.26. The Morgan fingerprint density at radius 3 is 2.95 bits per heavy atom. The molecule has 4 nitrogen and oxygen atoms in total. The Morgan fingerprint density at radius 1 is 1.55 bits per heavy atom. The maximum Gasteiger partial charge on any atom is 0.243 e. The Hall–Kier alpha value is -0.690. The van der Waals surface area contributed by atoms with Crippen LogP contribution >= 0.6 is 11.3 Å². The number of hydrogen-bond donors (Lipinski definition) is 1. The van der Waals surface area contributed by atoms with Gasteiger partial charge in [-0.25, -0.2) is 12.7 Å². The van der Waals surface area contributed by atoms with Crippen LogP contribution in [0.5, 0.6) is 0 Å². The number of sulfonamides is 1. The van der Waals surface area contributed by atoms with Gasteiger partial charge in [-0.05, 0) is 37.1 Å². The molecule has 1 aliphatic rings. The second-order valence-corrected chi connectivity index (χ2v) is 8.13. The van der Waals surface area contributed by atoms with Gasteiger partial charge >= 0.3 is 0 Å². The first kappa shape index (κ1) is 15.7. The van der Waals surface area contributed by atoms with Crippen LogP contribution < -0.4 is 5.32 Å². The molecule has 6 heteroatoms. The molecular weight excluding hydrogens is 292 g/mol. The normalized spacial score (nSPS) is 15.7. The third-order valence-electron chi connectivity index (χ3n) is 3.40. The Labute approximate surface area is 125 Å². The zero-order valence-corrected chi connectivity index (χ0v) is 13.5. The summed E-state index contributed by atoms with van der Waals surface area (Å²) in [7, 11) is -1.72. The number of unbranched alkanes of at least 4 members (excludes halogenated alkanes) is 1. The van der Waals surface area contributed by atoms with E-state index in [2.05, 4.69) is 11.9 Å². The van der Waals surface area contributed by atoms with Gasteiger partial charge in [0.2, 0.25) is 10.0 Å². The van der Waals surface area contributed by atoms with E-state index < -0.39 is 10.0 Å². The smallest absolute Gasteiger partial charge is 0.243 e. The van der Waals surface area contributed by atoms with E-state index in [-0.39, 0.29) is 0 Å². The number of nitrogens with one attached hydrogen (secondary N) is 1. The van der Waals surface area contributed by atoms with Gasteiger partial charge in [-0.1, -0.05) is 6.08 Å². The molecule has 1 fully saturated rings. The van der Waals surface area contributed by atoms with Crippen LogP contribution in [0.1, 0.15) is 30.6 Å². The fourth-order valence-corrected chi connectivity index (χ4v) is 4.53. The Balaban J connectivity index is 2.03. The molecular formula is C14H22N2O2S2. The van der Waals surface area contributed by atoms with Gasteiger partial charge in [0.25, 0.3) is 0 Å². The van der Waals surface area contributed by atoms with Crippen molar-refractivity contribution in [1.82, 2.24) is 9.62 Å². The summed E-state index contributed by atoms with van der Waals surface area (Å²) in [4.78, 5) is 1.37. The van der Waals surface area contributed by atoms with E-state index in [0.29, 0.717) is 24.0 Å². The lowest BCUT2D eigenvalue weighted by molar-refractivity contribution is 0.462. The second kappa shape index (κ2) is 6.85. The van der Waals surface area contributed by atoms with Crippen molar-refractivity contribution < 1.29 is 8.42 Å². The van der Waals surface area contributed by atoms with Crippen LogP contribution in [0.2, 0.25) is 0 Å². The van der Waals surface area contributed by atoms with Crippen LogP contribution in [0.4, 0.5) is 0 Å². The third-order valence-corrected chi connectivity index (χ3v) is 6.39. The highest BCUT2D eigenvalue weighted by Gasteiger charge is 2.26. The average molecular weight is 314 g/mol. The first-order chi connectivity index (χ1) is 9.55. The van der Waals surface area contributed by atoms with Crippen molar-refractivity contribution in [3.8, 4) is 0 Å². The Bertz CT molecular complexity index is 547. The average Bonchev–Trinajstić information content (AvgIpc) is 3.12. The lowest BCUT2D eigenvalue weighted by Gasteiger charge is -2.17. The molecule has 1 heterocycles. The van der Waals surface area contributed by atoms with E-state index in [1.165, 1.54) is 28.5 Å². The molecule has 0 bridgehead atoms. The number of rotatable bonds is 9. The summed E-state index contributed by atoms with van der Waals surface area (Å²) in [6, 6.07) is 2.30. The molecule has 112 valence electrons. The zero-order valence-electron chi connectivity index (χ0n) is 11.8. The first-order valence-electron chi connectivity index (χ1n) is 6.92. The minimum atomic E-state index is -3.36. The Kier molecular flexibility index (Phi) is 5.37. The first-order valence-corrected chi connectivity index (χ1v) is 9.24. The van der Waals surface area contributed by atoms with E-state index in [0.717, 1.165) is 17.7 Å². The monoisotopic (exact) mass is 314 g/mol. The minimum Gasteiger partial charge on any atom is -0.309 e. The fourth-order valence-electron chi connectivity index (χ4n) is 1.96. The molecule has 0 unspecified atom stereocenters. The van der Waals surface area contributed by atoms with E-state index in [1.54, 1.807) is 13.1 Å². The van der Waals surface area contributed by atoms with Crippen molar-refractivity contribution in [2.45, 2.75) is 43.2 Å². The molecule has 0 aromatic carbocycles. The van der Waals surface area contributed by atoms with E-state index in [9.17, 15) is 8.42 Å². The summed E-state index contributed by atoms with van der Waals surface area (Å²) in [5.74, 6) is 0. The van der Waals surface area contributed by atoms with Crippen LogP contribution in [0, 0.1) is 0 Å². The minimum absolute atomic E-state index is 0.455. The van der Waals surface area contributed by atoms with Gasteiger partial charge in [0.1, 0.15) is 0 Å². The molecule has 1 aliphatic carbocycles. The molecule has 1 aromatic rings. The van der Waals surface area contributed by atoms with Crippen LogP contribution in [0.15, 0.2) is 29.0 Å². The molecule has 0 spiro atoms. The summed E-state index contributed by atoms with van der Waals surface area (Å²) in [6.07, 6.45) is 5.86. The highest BCUT2D eigenvalue weighted by molar-refractivity contribution is 7.89. The van der Waals surface area contributed by atoms with Crippen molar-refractivity contribution in [2.75, 3.05) is 13.6 Å². The highest BCUT2D eigenvalue weighted by atomic mass is 32.2. The quantitative estimate of drug-likeness (QED) is 0.563. The Morgan fingerprint density at radius 2 is 2.30 bits per heavy atom. The number of hydrogen-bond acceptors (Lipinski definition) is 4. The summed E-state index contributed by atoms with van der Waals surface area (Å²) in [6.45, 7) is 4.83. The number of allylic oxidation sites excluding steroid dienone is 1. The van der Waals surface area contributed by atoms with Crippen molar-refractivity contribution >= 4 is 21.4 Å². The second-order valence-electron chi connectivity index (χ2n) is 5.12. The van der Waals surface area contributed by atoms with Crippen molar-refractivity contribution in [3.63, 3.8) is 0 Å². The standard InChI is InChI=1S/C14H22N2O2S2/c1-3-4-5-9-16(2)20(17,18)14-8-10-19-13(14)11-15-12-6-7-12/h3,8,10,12,15H,1,4-7,9,11H2,2H3. The van der Waals surface area contributed by atoms with Gasteiger partial charge in [-0.15, -0.1) is 17.9 Å². The van der Waals surface area contributed by atoms with Gasteiger partial charge in [-0.2, -0.15) is 0 Å². The predicted octanol–water partition coefficient (Wildman–Crippen LogP) is 2.59. The summed E-state index contributed by atoms with van der Waals surface area (Å²) < 4.78 is 26.5. The molecule has 1 aromatic heterocycles. The van der Waals surface area contributed by atoms with Crippen molar-refractivity contribution in [3.05, 3.63) is 29.0 Å². The third kappa shape index (κ3) is 3.91. The van der Waals surface area contributed by atoms with Crippen LogP contribution in [-0.4, -0.2) is 32.4 Å². The topological polar surface area (TPSA) is 49.4 Å². The van der Waals surface area contributed by atoms with Gasteiger partial charge < -0.3 is 5.32 Å². The maximum absolute atomic E-state index is 12.5. The van der Waals surface area contributed by atoms with E-state index in [4.69, 9.17) is 0 Å². The van der Waals surface area contributed by atoms with E-state index in [1.807, 2.05) is 11.5 Å². The molecule has 0 amide bonds. The molecule has 2 rings (SSSR count). The lowest BCUT2D eigenvalue weighted by atomic mass is 10.3. The molecule has 20 heavy (non-hydrogen) atoms. The summed E-state index contributed by atoms with van der Waals surface area (Å²) in [5, 5.41) is 5.23. The van der Waals surface area contributed by atoms with Gasteiger partial charge in [0, 0.05) is 31.1 Å². The zero-order chi connectivity index (χ0) is 14.6. The van der Waals surface area contributed by atoms with Gasteiger partial charge in [0.15, 0.2) is 0 Å². The van der Waals surface area contributed by atoms with Gasteiger partial charge in [-0.3, -0.25) is 0 Å². The largest absolute Gasteiger partial charge is 0.309 e. The van der Waals surface area contributed by atoms with Crippen molar-refractivity contribution in [2.24, 2.45) is 0 Å². The van der Waals surface area contributed by atoms with Crippen LogP contribution in [-0.2, 0) is 16.6 Å². The predicted molar refractivity (Wildman–Crippen MR) is 83.4 cm³/mol. The van der Waals surface area contributed by atoms with E-state index >= 15 is 0 Å². The molecule has 0 saturated heterocycles.